The highest BCUT2D eigenvalue weighted by molar-refractivity contribution is 5.76. The molecule has 1 rings (SSSR count). The van der Waals surface area contributed by atoms with Crippen LogP contribution in [-0.2, 0) is 4.79 Å². The summed E-state index contributed by atoms with van der Waals surface area (Å²) in [6.45, 7) is 0.681. The predicted molar refractivity (Wildman–Crippen MR) is 65.2 cm³/mol. The lowest BCUT2D eigenvalue weighted by atomic mass is 9.98. The van der Waals surface area contributed by atoms with E-state index in [4.69, 9.17) is 5.11 Å². The second-order valence-corrected chi connectivity index (χ2v) is 4.94. The van der Waals surface area contributed by atoms with Crippen molar-refractivity contribution in [3.05, 3.63) is 0 Å². The minimum absolute atomic E-state index is 0.00653. The molecule has 0 aromatic heterocycles. The fourth-order valence-corrected chi connectivity index (χ4v) is 2.28. The molecule has 0 spiro atoms. The zero-order valence-electron chi connectivity index (χ0n) is 11.3. The van der Waals surface area contributed by atoms with E-state index >= 15 is 0 Å². The molecule has 1 aliphatic heterocycles. The standard InChI is InChI=1S/C12H19F3N2O3/c1-2-5-17(8-12(13,14)15)11(20)16-6-3-4-9(7-16)10(18)19/h9H,2-8H2,1H3,(H,18,19)/t9-/m0/s1. The minimum atomic E-state index is -4.45. The number of rotatable bonds is 4. The quantitative estimate of drug-likeness (QED) is 0.865. The highest BCUT2D eigenvalue weighted by Gasteiger charge is 2.36. The van der Waals surface area contributed by atoms with Crippen LogP contribution in [0.3, 0.4) is 0 Å². The first-order valence-corrected chi connectivity index (χ1v) is 6.58. The van der Waals surface area contributed by atoms with Gasteiger partial charge < -0.3 is 14.9 Å². The highest BCUT2D eigenvalue weighted by atomic mass is 19.4. The van der Waals surface area contributed by atoms with Crippen molar-refractivity contribution in [3.8, 4) is 0 Å². The lowest BCUT2D eigenvalue weighted by Crippen LogP contribution is -2.51. The maximum Gasteiger partial charge on any atom is 0.406 e. The third kappa shape index (κ3) is 4.90. The van der Waals surface area contributed by atoms with Crippen molar-refractivity contribution >= 4 is 12.0 Å². The molecule has 0 unspecified atom stereocenters. The third-order valence-corrected chi connectivity index (χ3v) is 3.18. The smallest absolute Gasteiger partial charge is 0.406 e. The molecule has 1 N–H and O–H groups in total. The van der Waals surface area contributed by atoms with Crippen molar-refractivity contribution in [2.24, 2.45) is 5.92 Å². The lowest BCUT2D eigenvalue weighted by molar-refractivity contribution is -0.145. The normalized spacial score (nSPS) is 19.8. The number of hydrogen-bond acceptors (Lipinski definition) is 2. The van der Waals surface area contributed by atoms with Crippen molar-refractivity contribution in [3.63, 3.8) is 0 Å². The lowest BCUT2D eigenvalue weighted by Gasteiger charge is -2.35. The molecule has 0 radical (unpaired) electrons. The fourth-order valence-electron chi connectivity index (χ4n) is 2.28. The van der Waals surface area contributed by atoms with Gasteiger partial charge in [-0.15, -0.1) is 0 Å². The van der Waals surface area contributed by atoms with Crippen LogP contribution >= 0.6 is 0 Å². The van der Waals surface area contributed by atoms with Crippen LogP contribution in [0.2, 0.25) is 0 Å². The van der Waals surface area contributed by atoms with E-state index < -0.39 is 30.6 Å². The first-order valence-electron chi connectivity index (χ1n) is 6.58. The number of carboxylic acid groups (broad SMARTS) is 1. The Bertz CT molecular complexity index is 360. The summed E-state index contributed by atoms with van der Waals surface area (Å²) in [6, 6.07) is -0.727. The molecule has 1 saturated heterocycles. The Morgan fingerprint density at radius 3 is 2.55 bits per heavy atom. The van der Waals surface area contributed by atoms with E-state index in [-0.39, 0.29) is 13.1 Å². The Morgan fingerprint density at radius 1 is 1.40 bits per heavy atom. The maximum atomic E-state index is 12.5. The molecular weight excluding hydrogens is 277 g/mol. The fraction of sp³-hybridized carbons (Fsp3) is 0.833. The molecule has 1 atom stereocenters. The van der Waals surface area contributed by atoms with E-state index in [1.807, 2.05) is 0 Å². The van der Waals surface area contributed by atoms with Gasteiger partial charge in [0.15, 0.2) is 0 Å². The van der Waals surface area contributed by atoms with E-state index in [0.29, 0.717) is 25.8 Å². The molecule has 1 aliphatic rings. The monoisotopic (exact) mass is 296 g/mol. The Kier molecular flexibility index (Phi) is 5.64. The summed E-state index contributed by atoms with van der Waals surface area (Å²) >= 11 is 0. The summed E-state index contributed by atoms with van der Waals surface area (Å²) in [6.07, 6.45) is -3.09. The number of carboxylic acids is 1. The van der Waals surface area contributed by atoms with E-state index in [0.717, 1.165) is 4.90 Å². The van der Waals surface area contributed by atoms with Gasteiger partial charge in [0.1, 0.15) is 6.54 Å². The number of alkyl halides is 3. The van der Waals surface area contributed by atoms with Gasteiger partial charge in [-0.05, 0) is 19.3 Å². The van der Waals surface area contributed by atoms with Gasteiger partial charge in [-0.3, -0.25) is 4.79 Å². The number of urea groups is 1. The average Bonchev–Trinajstić information content (AvgIpc) is 2.36. The Morgan fingerprint density at radius 2 is 2.05 bits per heavy atom. The summed E-state index contributed by atoms with van der Waals surface area (Å²) in [4.78, 5) is 25.0. The Hall–Kier alpha value is -1.47. The van der Waals surface area contributed by atoms with E-state index in [9.17, 15) is 22.8 Å². The minimum Gasteiger partial charge on any atom is -0.481 e. The Balaban J connectivity index is 2.70. The van der Waals surface area contributed by atoms with Crippen LogP contribution in [0, 0.1) is 5.92 Å². The van der Waals surface area contributed by atoms with Crippen LogP contribution in [0.25, 0.3) is 0 Å². The second kappa shape index (κ2) is 6.81. The molecule has 0 aromatic carbocycles. The summed E-state index contributed by atoms with van der Waals surface area (Å²) in [5, 5.41) is 8.93. The molecule has 0 aromatic rings. The number of aliphatic carboxylic acids is 1. The van der Waals surface area contributed by atoms with Crippen LogP contribution in [0.1, 0.15) is 26.2 Å². The highest BCUT2D eigenvalue weighted by Crippen LogP contribution is 2.21. The maximum absolute atomic E-state index is 12.5. The predicted octanol–water partition coefficient (Wildman–Crippen LogP) is 2.18. The number of hydrogen-bond donors (Lipinski definition) is 1. The van der Waals surface area contributed by atoms with E-state index in [1.54, 1.807) is 6.92 Å². The SMILES string of the molecule is CCCN(CC(F)(F)F)C(=O)N1CCC[C@H](C(=O)O)C1. The Labute approximate surface area is 115 Å². The molecule has 8 heteroatoms. The summed E-state index contributed by atoms with van der Waals surface area (Å²) in [5.41, 5.74) is 0. The first kappa shape index (κ1) is 16.6. The van der Waals surface area contributed by atoms with Crippen molar-refractivity contribution in [2.45, 2.75) is 32.4 Å². The molecule has 1 heterocycles. The number of amides is 2. The van der Waals surface area contributed by atoms with Crippen molar-refractivity contribution < 1.29 is 27.9 Å². The number of likely N-dealkylation sites (tertiary alicyclic amines) is 1. The topological polar surface area (TPSA) is 60.9 Å². The van der Waals surface area contributed by atoms with Gasteiger partial charge in [-0.25, -0.2) is 4.79 Å². The molecular formula is C12H19F3N2O3. The van der Waals surface area contributed by atoms with Gasteiger partial charge >= 0.3 is 18.2 Å². The molecule has 0 saturated carbocycles. The average molecular weight is 296 g/mol. The second-order valence-electron chi connectivity index (χ2n) is 4.94. The van der Waals surface area contributed by atoms with Gasteiger partial charge in [-0.1, -0.05) is 6.92 Å². The van der Waals surface area contributed by atoms with Gasteiger partial charge in [0.05, 0.1) is 5.92 Å². The molecule has 20 heavy (non-hydrogen) atoms. The molecule has 5 nitrogen and oxygen atoms in total. The van der Waals surface area contributed by atoms with Crippen LogP contribution < -0.4 is 0 Å². The van der Waals surface area contributed by atoms with Gasteiger partial charge in [-0.2, -0.15) is 13.2 Å². The molecule has 2 amide bonds. The van der Waals surface area contributed by atoms with Crippen LogP contribution in [-0.4, -0.2) is 59.3 Å². The summed E-state index contributed by atoms with van der Waals surface area (Å²) < 4.78 is 37.4. The van der Waals surface area contributed by atoms with Gasteiger partial charge in [0.2, 0.25) is 0 Å². The molecule has 0 aliphatic carbocycles. The number of nitrogens with zero attached hydrogens (tertiary/aromatic N) is 2. The van der Waals surface area contributed by atoms with Crippen molar-refractivity contribution in [1.29, 1.82) is 0 Å². The number of carbonyl (C=O) groups excluding carboxylic acids is 1. The van der Waals surface area contributed by atoms with Gasteiger partial charge in [0.25, 0.3) is 0 Å². The van der Waals surface area contributed by atoms with Crippen LogP contribution in [0.5, 0.6) is 0 Å². The zero-order valence-corrected chi connectivity index (χ0v) is 11.3. The molecule has 0 bridgehead atoms. The van der Waals surface area contributed by atoms with Crippen molar-refractivity contribution in [2.75, 3.05) is 26.2 Å². The molecule has 116 valence electrons. The van der Waals surface area contributed by atoms with E-state index in [2.05, 4.69) is 0 Å². The number of carbonyl (C=O) groups is 2. The largest absolute Gasteiger partial charge is 0.481 e. The van der Waals surface area contributed by atoms with Crippen LogP contribution in [0.15, 0.2) is 0 Å². The first-order chi connectivity index (χ1) is 9.24. The van der Waals surface area contributed by atoms with Crippen LogP contribution in [0.4, 0.5) is 18.0 Å². The zero-order chi connectivity index (χ0) is 15.3. The number of halogens is 3. The third-order valence-electron chi connectivity index (χ3n) is 3.18. The summed E-state index contributed by atoms with van der Waals surface area (Å²) in [7, 11) is 0. The van der Waals surface area contributed by atoms with Gasteiger partial charge in [0, 0.05) is 19.6 Å². The van der Waals surface area contributed by atoms with E-state index in [1.165, 1.54) is 4.90 Å². The summed E-state index contributed by atoms with van der Waals surface area (Å²) in [5.74, 6) is -1.71. The van der Waals surface area contributed by atoms with Crippen molar-refractivity contribution in [1.82, 2.24) is 9.80 Å². The number of piperidine rings is 1. The molecule has 1 fully saturated rings.